The number of anilines is 1. The number of rotatable bonds is 4. The highest BCUT2D eigenvalue weighted by Crippen LogP contribution is 2.36. The quantitative estimate of drug-likeness (QED) is 0.670. The van der Waals surface area contributed by atoms with E-state index in [9.17, 15) is 20.2 Å². The molecule has 1 N–H and O–H groups in total. The van der Waals surface area contributed by atoms with E-state index in [0.717, 1.165) is 31.7 Å². The fraction of sp³-hybridized carbons (Fsp3) is 0.538. The number of hydrogen-bond donors (Lipinski definition) is 1. The fourth-order valence-corrected chi connectivity index (χ4v) is 2.67. The van der Waals surface area contributed by atoms with Crippen molar-refractivity contribution in [1.29, 1.82) is 0 Å². The van der Waals surface area contributed by atoms with Gasteiger partial charge in [0, 0.05) is 11.6 Å². The molecule has 1 fully saturated rings. The molecule has 0 amide bonds. The summed E-state index contributed by atoms with van der Waals surface area (Å²) in [5, 5.41) is 25.0. The Hall–Kier alpha value is -2.18. The summed E-state index contributed by atoms with van der Waals surface area (Å²) < 4.78 is 0. The van der Waals surface area contributed by atoms with Crippen LogP contribution in [-0.2, 0) is 0 Å². The summed E-state index contributed by atoms with van der Waals surface area (Å²) in [4.78, 5) is 20.6. The number of nitrogens with one attached hydrogen (secondary N) is 1. The first-order valence-electron chi connectivity index (χ1n) is 6.62. The van der Waals surface area contributed by atoms with E-state index in [0.29, 0.717) is 5.69 Å². The molecular formula is C13H17N3O4. The minimum atomic E-state index is -0.626. The van der Waals surface area contributed by atoms with Gasteiger partial charge in [0.1, 0.15) is 5.69 Å². The SMILES string of the molecule is CC1(Nc2ccc([N+](=O)[O-])cc2[N+](=O)[O-])CCCCC1. The Bertz CT molecular complexity index is 538. The van der Waals surface area contributed by atoms with Crippen molar-refractivity contribution in [2.45, 2.75) is 44.6 Å². The Morgan fingerprint density at radius 1 is 1.10 bits per heavy atom. The highest BCUT2D eigenvalue weighted by molar-refractivity contribution is 5.66. The summed E-state index contributed by atoms with van der Waals surface area (Å²) in [6.45, 7) is 2.04. The smallest absolute Gasteiger partial charge is 0.299 e. The van der Waals surface area contributed by atoms with Crippen LogP contribution in [0.3, 0.4) is 0 Å². The highest BCUT2D eigenvalue weighted by Gasteiger charge is 2.29. The van der Waals surface area contributed by atoms with Crippen molar-refractivity contribution in [2.24, 2.45) is 0 Å². The molecule has 1 aliphatic rings. The molecule has 0 atom stereocenters. The summed E-state index contributed by atoms with van der Waals surface area (Å²) >= 11 is 0. The van der Waals surface area contributed by atoms with Gasteiger partial charge in [0.15, 0.2) is 0 Å². The first kappa shape index (κ1) is 14.2. The number of benzene rings is 1. The number of nitro groups is 2. The number of nitro benzene ring substituents is 2. The van der Waals surface area contributed by atoms with Crippen LogP contribution in [-0.4, -0.2) is 15.4 Å². The molecule has 0 unspecified atom stereocenters. The minimum Gasteiger partial charge on any atom is -0.374 e. The number of nitrogens with zero attached hydrogens (tertiary/aromatic N) is 2. The van der Waals surface area contributed by atoms with Crippen molar-refractivity contribution in [3.05, 3.63) is 38.4 Å². The molecule has 0 aliphatic heterocycles. The van der Waals surface area contributed by atoms with Gasteiger partial charge in [-0.3, -0.25) is 20.2 Å². The van der Waals surface area contributed by atoms with Gasteiger partial charge in [0.05, 0.1) is 15.9 Å². The van der Waals surface area contributed by atoms with Crippen LogP contribution in [0.4, 0.5) is 17.1 Å². The molecule has 1 aromatic rings. The lowest BCUT2D eigenvalue weighted by atomic mass is 9.83. The van der Waals surface area contributed by atoms with Crippen molar-refractivity contribution in [1.82, 2.24) is 0 Å². The average molecular weight is 279 g/mol. The third-order valence-corrected chi connectivity index (χ3v) is 3.78. The van der Waals surface area contributed by atoms with Crippen molar-refractivity contribution in [3.63, 3.8) is 0 Å². The standard InChI is InChI=1S/C13H17N3O4/c1-13(7-3-2-4-8-13)14-11-6-5-10(15(17)18)9-12(11)16(19)20/h5-6,9,14H,2-4,7-8H2,1H3. The van der Waals surface area contributed by atoms with E-state index in [4.69, 9.17) is 0 Å². The minimum absolute atomic E-state index is 0.181. The van der Waals surface area contributed by atoms with E-state index in [-0.39, 0.29) is 16.9 Å². The predicted molar refractivity (Wildman–Crippen MR) is 74.9 cm³/mol. The van der Waals surface area contributed by atoms with Gasteiger partial charge in [-0.1, -0.05) is 19.3 Å². The normalized spacial score (nSPS) is 17.4. The van der Waals surface area contributed by atoms with Gasteiger partial charge in [0.25, 0.3) is 11.4 Å². The van der Waals surface area contributed by atoms with Crippen LogP contribution in [0, 0.1) is 20.2 Å². The summed E-state index contributed by atoms with van der Waals surface area (Å²) in [5.41, 5.74) is -0.342. The van der Waals surface area contributed by atoms with Crippen molar-refractivity contribution < 1.29 is 9.85 Å². The van der Waals surface area contributed by atoms with Crippen LogP contribution < -0.4 is 5.32 Å². The Morgan fingerprint density at radius 2 is 1.75 bits per heavy atom. The van der Waals surface area contributed by atoms with Crippen LogP contribution in [0.5, 0.6) is 0 Å². The Labute approximate surface area is 116 Å². The fourth-order valence-electron chi connectivity index (χ4n) is 2.67. The van der Waals surface area contributed by atoms with Gasteiger partial charge in [-0.15, -0.1) is 0 Å². The molecule has 2 rings (SSSR count). The van der Waals surface area contributed by atoms with E-state index >= 15 is 0 Å². The van der Waals surface area contributed by atoms with Gasteiger partial charge in [0.2, 0.25) is 0 Å². The molecule has 0 spiro atoms. The molecule has 0 aromatic heterocycles. The number of hydrogen-bond acceptors (Lipinski definition) is 5. The molecule has 108 valence electrons. The Kier molecular flexibility index (Phi) is 3.87. The molecule has 0 radical (unpaired) electrons. The van der Waals surface area contributed by atoms with E-state index < -0.39 is 9.85 Å². The molecular weight excluding hydrogens is 262 g/mol. The summed E-state index contributed by atoms with van der Waals surface area (Å²) in [7, 11) is 0. The molecule has 1 saturated carbocycles. The van der Waals surface area contributed by atoms with Crippen LogP contribution in [0.2, 0.25) is 0 Å². The monoisotopic (exact) mass is 279 g/mol. The predicted octanol–water partition coefficient (Wildman–Crippen LogP) is 3.64. The van der Waals surface area contributed by atoms with Crippen molar-refractivity contribution >= 4 is 17.1 Å². The zero-order valence-electron chi connectivity index (χ0n) is 11.3. The molecule has 0 bridgehead atoms. The van der Waals surface area contributed by atoms with E-state index in [2.05, 4.69) is 5.32 Å². The number of non-ortho nitro benzene ring substituents is 1. The second-order valence-corrected chi connectivity index (χ2v) is 5.46. The summed E-state index contributed by atoms with van der Waals surface area (Å²) in [6, 6.07) is 3.73. The van der Waals surface area contributed by atoms with Gasteiger partial charge in [-0.05, 0) is 25.8 Å². The van der Waals surface area contributed by atoms with Crippen LogP contribution in [0.1, 0.15) is 39.0 Å². The third-order valence-electron chi connectivity index (χ3n) is 3.78. The van der Waals surface area contributed by atoms with Gasteiger partial charge in [-0.25, -0.2) is 0 Å². The van der Waals surface area contributed by atoms with Crippen LogP contribution in [0.25, 0.3) is 0 Å². The molecule has 1 aromatic carbocycles. The maximum atomic E-state index is 11.1. The maximum absolute atomic E-state index is 11.1. The average Bonchev–Trinajstić information content (AvgIpc) is 2.39. The Balaban J connectivity index is 2.31. The Morgan fingerprint density at radius 3 is 2.30 bits per heavy atom. The zero-order chi connectivity index (χ0) is 14.8. The third kappa shape index (κ3) is 3.04. The van der Waals surface area contributed by atoms with Crippen molar-refractivity contribution in [3.8, 4) is 0 Å². The van der Waals surface area contributed by atoms with Crippen LogP contribution in [0.15, 0.2) is 18.2 Å². The van der Waals surface area contributed by atoms with E-state index in [1.54, 1.807) is 0 Å². The first-order chi connectivity index (χ1) is 9.41. The second-order valence-electron chi connectivity index (χ2n) is 5.46. The van der Waals surface area contributed by atoms with Gasteiger partial charge >= 0.3 is 0 Å². The van der Waals surface area contributed by atoms with Gasteiger partial charge in [-0.2, -0.15) is 0 Å². The largest absolute Gasteiger partial charge is 0.374 e. The second kappa shape index (κ2) is 5.44. The molecule has 7 nitrogen and oxygen atoms in total. The zero-order valence-corrected chi connectivity index (χ0v) is 11.3. The van der Waals surface area contributed by atoms with E-state index in [1.165, 1.54) is 18.6 Å². The molecule has 7 heteroatoms. The van der Waals surface area contributed by atoms with Gasteiger partial charge < -0.3 is 5.32 Å². The maximum Gasteiger partial charge on any atom is 0.299 e. The lowest BCUT2D eigenvalue weighted by Gasteiger charge is -2.35. The lowest BCUT2D eigenvalue weighted by Crippen LogP contribution is -2.36. The van der Waals surface area contributed by atoms with Crippen LogP contribution >= 0.6 is 0 Å². The first-order valence-corrected chi connectivity index (χ1v) is 6.62. The van der Waals surface area contributed by atoms with E-state index in [1.807, 2.05) is 6.92 Å². The molecule has 0 saturated heterocycles. The summed E-state index contributed by atoms with van der Waals surface area (Å²) in [5.74, 6) is 0. The molecule has 0 heterocycles. The lowest BCUT2D eigenvalue weighted by molar-refractivity contribution is -0.393. The molecule has 1 aliphatic carbocycles. The molecule has 20 heavy (non-hydrogen) atoms. The highest BCUT2D eigenvalue weighted by atomic mass is 16.6. The summed E-state index contributed by atoms with van der Waals surface area (Å²) in [6.07, 6.45) is 5.25. The topological polar surface area (TPSA) is 98.3 Å². The van der Waals surface area contributed by atoms with Crippen molar-refractivity contribution in [2.75, 3.05) is 5.32 Å².